The SMILES string of the molecule is COCCNc1ncnc(NNC(=O)COc2ccccc2)c1[N+](=O)[O-]. The van der Waals surface area contributed by atoms with E-state index in [1.807, 2.05) is 6.07 Å². The number of nitrogens with one attached hydrogen (secondary N) is 3. The van der Waals surface area contributed by atoms with Crippen LogP contribution >= 0.6 is 0 Å². The summed E-state index contributed by atoms with van der Waals surface area (Å²) >= 11 is 0. The number of para-hydroxylation sites is 1. The second-order valence-electron chi connectivity index (χ2n) is 4.87. The van der Waals surface area contributed by atoms with Crippen LogP contribution in [0.2, 0.25) is 0 Å². The Kier molecular flexibility index (Phi) is 7.06. The fraction of sp³-hybridized carbons (Fsp3) is 0.267. The van der Waals surface area contributed by atoms with Crippen molar-refractivity contribution in [2.45, 2.75) is 0 Å². The largest absolute Gasteiger partial charge is 0.484 e. The van der Waals surface area contributed by atoms with Crippen LogP contribution in [0.1, 0.15) is 0 Å². The summed E-state index contributed by atoms with van der Waals surface area (Å²) in [7, 11) is 1.51. The van der Waals surface area contributed by atoms with Gasteiger partial charge >= 0.3 is 5.69 Å². The number of benzene rings is 1. The van der Waals surface area contributed by atoms with Crippen LogP contribution in [0.4, 0.5) is 17.3 Å². The predicted molar refractivity (Wildman–Crippen MR) is 92.8 cm³/mol. The second-order valence-corrected chi connectivity index (χ2v) is 4.87. The number of hydrazine groups is 1. The van der Waals surface area contributed by atoms with Gasteiger partial charge in [-0.25, -0.2) is 9.97 Å². The maximum Gasteiger partial charge on any atom is 0.354 e. The molecule has 138 valence electrons. The van der Waals surface area contributed by atoms with Crippen LogP contribution < -0.4 is 20.9 Å². The van der Waals surface area contributed by atoms with E-state index in [9.17, 15) is 14.9 Å². The number of nitro groups is 1. The molecule has 0 aliphatic rings. The summed E-state index contributed by atoms with van der Waals surface area (Å²) in [5.41, 5.74) is 4.32. The van der Waals surface area contributed by atoms with E-state index in [-0.39, 0.29) is 18.2 Å². The Morgan fingerprint density at radius 2 is 1.96 bits per heavy atom. The third-order valence-electron chi connectivity index (χ3n) is 3.04. The lowest BCUT2D eigenvalue weighted by Gasteiger charge is -2.11. The number of carbonyl (C=O) groups excluding carboxylic acids is 1. The molecule has 11 nitrogen and oxygen atoms in total. The van der Waals surface area contributed by atoms with Crippen LogP contribution in [0, 0.1) is 10.1 Å². The molecule has 0 atom stereocenters. The van der Waals surface area contributed by atoms with E-state index in [4.69, 9.17) is 9.47 Å². The summed E-state index contributed by atoms with van der Waals surface area (Å²) in [6, 6.07) is 8.77. The van der Waals surface area contributed by atoms with Crippen LogP contribution in [0.5, 0.6) is 5.75 Å². The van der Waals surface area contributed by atoms with E-state index < -0.39 is 16.5 Å². The lowest BCUT2D eigenvalue weighted by Crippen LogP contribution is -2.34. The van der Waals surface area contributed by atoms with E-state index in [1.165, 1.54) is 7.11 Å². The first-order valence-corrected chi connectivity index (χ1v) is 7.56. The van der Waals surface area contributed by atoms with Crippen LogP contribution in [0.3, 0.4) is 0 Å². The highest BCUT2D eigenvalue weighted by Gasteiger charge is 2.23. The van der Waals surface area contributed by atoms with Gasteiger partial charge in [0.2, 0.25) is 11.6 Å². The molecule has 0 aliphatic heterocycles. The molecule has 0 saturated carbocycles. The molecule has 0 fully saturated rings. The molecule has 0 saturated heterocycles. The van der Waals surface area contributed by atoms with Gasteiger partial charge in [0.1, 0.15) is 12.1 Å². The van der Waals surface area contributed by atoms with Crippen molar-refractivity contribution in [1.82, 2.24) is 15.4 Å². The fourth-order valence-corrected chi connectivity index (χ4v) is 1.87. The van der Waals surface area contributed by atoms with Crippen molar-refractivity contribution >= 4 is 23.2 Å². The van der Waals surface area contributed by atoms with Crippen molar-refractivity contribution in [3.05, 3.63) is 46.8 Å². The number of hydrogen-bond donors (Lipinski definition) is 3. The van der Waals surface area contributed by atoms with Gasteiger partial charge in [-0.3, -0.25) is 25.8 Å². The number of anilines is 2. The molecule has 1 amide bonds. The molecule has 0 spiro atoms. The number of rotatable bonds is 10. The van der Waals surface area contributed by atoms with Crippen LogP contribution in [0.15, 0.2) is 36.7 Å². The van der Waals surface area contributed by atoms with Crippen molar-refractivity contribution in [2.75, 3.05) is 37.6 Å². The van der Waals surface area contributed by atoms with Gasteiger partial charge in [0.05, 0.1) is 11.5 Å². The number of amides is 1. The van der Waals surface area contributed by atoms with Crippen molar-refractivity contribution in [2.24, 2.45) is 0 Å². The number of carbonyl (C=O) groups is 1. The molecule has 2 aromatic rings. The zero-order valence-corrected chi connectivity index (χ0v) is 14.0. The first-order chi connectivity index (χ1) is 12.6. The van der Waals surface area contributed by atoms with E-state index in [0.717, 1.165) is 6.33 Å². The molecule has 1 aromatic carbocycles. The Labute approximate surface area is 148 Å². The fourth-order valence-electron chi connectivity index (χ4n) is 1.87. The monoisotopic (exact) mass is 362 g/mol. The summed E-state index contributed by atoms with van der Waals surface area (Å²) in [5, 5.41) is 14.1. The minimum atomic E-state index is -0.649. The third kappa shape index (κ3) is 5.56. The molecule has 11 heteroatoms. The Bertz CT molecular complexity index is 743. The standard InChI is InChI=1S/C15H18N6O5/c1-25-8-7-16-14-13(21(23)24)15(18-10-17-14)20-19-12(22)9-26-11-5-3-2-4-6-11/h2-6,10H,7-9H2,1H3,(H,19,22)(H2,16,17,18,20). The smallest absolute Gasteiger partial charge is 0.354 e. The molecule has 0 unspecified atom stereocenters. The molecular formula is C15H18N6O5. The minimum Gasteiger partial charge on any atom is -0.484 e. The van der Waals surface area contributed by atoms with Crippen molar-refractivity contribution in [1.29, 1.82) is 0 Å². The molecule has 1 aromatic heterocycles. The molecular weight excluding hydrogens is 344 g/mol. The number of methoxy groups -OCH3 is 1. The molecule has 3 N–H and O–H groups in total. The zero-order valence-electron chi connectivity index (χ0n) is 14.0. The van der Waals surface area contributed by atoms with Gasteiger partial charge in [-0.1, -0.05) is 18.2 Å². The average molecular weight is 362 g/mol. The molecule has 0 radical (unpaired) electrons. The zero-order chi connectivity index (χ0) is 18.8. The van der Waals surface area contributed by atoms with Gasteiger partial charge < -0.3 is 14.8 Å². The molecule has 0 aliphatic carbocycles. The number of hydrogen-bond acceptors (Lipinski definition) is 9. The molecule has 26 heavy (non-hydrogen) atoms. The van der Waals surface area contributed by atoms with Gasteiger partial charge in [0, 0.05) is 13.7 Å². The highest BCUT2D eigenvalue weighted by Crippen LogP contribution is 2.28. The van der Waals surface area contributed by atoms with Crippen LogP contribution in [-0.2, 0) is 9.53 Å². The van der Waals surface area contributed by atoms with Gasteiger partial charge in [-0.05, 0) is 12.1 Å². The Balaban J connectivity index is 1.96. The minimum absolute atomic E-state index is 0.0133. The van der Waals surface area contributed by atoms with E-state index in [0.29, 0.717) is 18.9 Å². The second kappa shape index (κ2) is 9.74. The normalized spacial score (nSPS) is 10.0. The summed E-state index contributed by atoms with van der Waals surface area (Å²) in [4.78, 5) is 30.1. The maximum absolute atomic E-state index is 11.8. The quantitative estimate of drug-likeness (QED) is 0.320. The number of ether oxygens (including phenoxy) is 2. The Morgan fingerprint density at radius 1 is 1.23 bits per heavy atom. The highest BCUT2D eigenvalue weighted by atomic mass is 16.6. The van der Waals surface area contributed by atoms with Crippen molar-refractivity contribution in [3.8, 4) is 5.75 Å². The number of aromatic nitrogens is 2. The summed E-state index contributed by atoms with van der Waals surface area (Å²) in [5.74, 6) is -0.145. The molecule has 2 rings (SSSR count). The summed E-state index contributed by atoms with van der Waals surface area (Å²) in [6.07, 6.45) is 1.14. The maximum atomic E-state index is 11.8. The van der Waals surface area contributed by atoms with Gasteiger partial charge in [0.15, 0.2) is 6.61 Å². The van der Waals surface area contributed by atoms with Gasteiger partial charge in [0.25, 0.3) is 5.91 Å². The van der Waals surface area contributed by atoms with Crippen LogP contribution in [-0.4, -0.2) is 47.7 Å². The van der Waals surface area contributed by atoms with Crippen LogP contribution in [0.25, 0.3) is 0 Å². The lowest BCUT2D eigenvalue weighted by molar-refractivity contribution is -0.383. The van der Waals surface area contributed by atoms with E-state index in [1.54, 1.807) is 24.3 Å². The predicted octanol–water partition coefficient (Wildman–Crippen LogP) is 0.965. The molecule has 0 bridgehead atoms. The lowest BCUT2D eigenvalue weighted by atomic mass is 10.3. The Morgan fingerprint density at radius 3 is 2.65 bits per heavy atom. The van der Waals surface area contributed by atoms with Crippen molar-refractivity contribution < 1.29 is 19.2 Å². The average Bonchev–Trinajstić information content (AvgIpc) is 2.65. The summed E-state index contributed by atoms with van der Waals surface area (Å²) in [6.45, 7) is 0.400. The van der Waals surface area contributed by atoms with Gasteiger partial charge in [-0.15, -0.1) is 0 Å². The first kappa shape index (κ1) is 18.9. The summed E-state index contributed by atoms with van der Waals surface area (Å²) < 4.78 is 10.2. The van der Waals surface area contributed by atoms with Gasteiger partial charge in [-0.2, -0.15) is 0 Å². The van der Waals surface area contributed by atoms with E-state index in [2.05, 4.69) is 26.1 Å². The Hall–Kier alpha value is -3.47. The third-order valence-corrected chi connectivity index (χ3v) is 3.04. The van der Waals surface area contributed by atoms with E-state index >= 15 is 0 Å². The van der Waals surface area contributed by atoms with Crippen molar-refractivity contribution in [3.63, 3.8) is 0 Å². The highest BCUT2D eigenvalue weighted by molar-refractivity contribution is 5.80. The first-order valence-electron chi connectivity index (χ1n) is 7.56. The molecule has 1 heterocycles. The number of nitrogens with zero attached hydrogens (tertiary/aromatic N) is 3. The topological polar surface area (TPSA) is 141 Å².